The first-order valence-electron chi connectivity index (χ1n) is 15.6. The number of piperidine rings is 2. The van der Waals surface area contributed by atoms with Crippen LogP contribution >= 0.6 is 11.6 Å². The molecule has 3 amide bonds. The van der Waals surface area contributed by atoms with Crippen molar-refractivity contribution in [2.75, 3.05) is 31.5 Å². The van der Waals surface area contributed by atoms with Gasteiger partial charge in [0.2, 0.25) is 5.91 Å². The van der Waals surface area contributed by atoms with E-state index in [1.54, 1.807) is 6.07 Å². The molecule has 4 heterocycles. The summed E-state index contributed by atoms with van der Waals surface area (Å²) in [7, 11) is 0. The Bertz CT molecular complexity index is 1650. The summed E-state index contributed by atoms with van der Waals surface area (Å²) in [5.41, 5.74) is 0.452. The zero-order valence-corrected chi connectivity index (χ0v) is 25.6. The molecule has 1 aromatic carbocycles. The predicted molar refractivity (Wildman–Crippen MR) is 161 cm³/mol. The van der Waals surface area contributed by atoms with E-state index in [0.29, 0.717) is 42.5 Å². The number of aromatic nitrogens is 4. The Morgan fingerprint density at radius 3 is 2.46 bits per heavy atom. The molecule has 0 bridgehead atoms. The lowest BCUT2D eigenvalue weighted by Crippen LogP contribution is -2.43. The van der Waals surface area contributed by atoms with Crippen LogP contribution in [-0.2, 0) is 23.8 Å². The average molecular weight is 659 g/mol. The molecule has 2 aromatic heterocycles. The Morgan fingerprint density at radius 1 is 1.04 bits per heavy atom. The maximum absolute atomic E-state index is 13.6. The summed E-state index contributed by atoms with van der Waals surface area (Å²) < 4.78 is 40.8. The number of nitrogens with zero attached hydrogens (tertiary/aromatic N) is 3. The molecule has 7 rings (SSSR count). The van der Waals surface area contributed by atoms with Crippen LogP contribution < -0.4 is 16.0 Å². The summed E-state index contributed by atoms with van der Waals surface area (Å²) in [6, 6.07) is 4.51. The number of amides is 3. The van der Waals surface area contributed by atoms with Gasteiger partial charge in [-0.05, 0) is 69.3 Å². The van der Waals surface area contributed by atoms with E-state index in [1.165, 1.54) is 18.3 Å². The van der Waals surface area contributed by atoms with Crippen LogP contribution in [0.3, 0.4) is 0 Å². The zero-order chi connectivity index (χ0) is 32.2. The maximum Gasteiger partial charge on any atom is 0.435 e. The highest BCUT2D eigenvalue weighted by Gasteiger charge is 2.57. The van der Waals surface area contributed by atoms with Gasteiger partial charge in [-0.1, -0.05) is 11.6 Å². The number of aromatic amines is 2. The number of hydrogen-bond donors (Lipinski definition) is 5. The molecular formula is C31H34ClF3N8O3. The lowest BCUT2D eigenvalue weighted by molar-refractivity contribution is -0.141. The third-order valence-electron chi connectivity index (χ3n) is 9.59. The SMILES string of the molecule is O=C(Nc1ccc(C(=O)NC2C3CN(C(=O)C4CCNCC4)CC32)c(Cl)c1)c1ncc(Cc2c(C(F)(F)F)n[nH]c2CC2CC2)[nH]1. The summed E-state index contributed by atoms with van der Waals surface area (Å²) >= 11 is 6.43. The maximum atomic E-state index is 13.6. The number of nitrogens with one attached hydrogen (secondary N) is 5. The number of hydrogen-bond acceptors (Lipinski definition) is 6. The Kier molecular flexibility index (Phi) is 8.04. The molecule has 11 nitrogen and oxygen atoms in total. The molecule has 0 spiro atoms. The van der Waals surface area contributed by atoms with E-state index >= 15 is 0 Å². The van der Waals surface area contributed by atoms with E-state index in [1.807, 2.05) is 4.90 Å². The van der Waals surface area contributed by atoms with Gasteiger partial charge in [0, 0.05) is 72.1 Å². The van der Waals surface area contributed by atoms with Crippen LogP contribution in [0.5, 0.6) is 0 Å². The van der Waals surface area contributed by atoms with Gasteiger partial charge in [-0.15, -0.1) is 0 Å². The molecule has 2 atom stereocenters. The van der Waals surface area contributed by atoms with Gasteiger partial charge in [0.25, 0.3) is 11.8 Å². The minimum absolute atomic E-state index is 0.00721. The minimum Gasteiger partial charge on any atom is -0.349 e. The number of benzene rings is 1. The number of rotatable bonds is 9. The second-order valence-corrected chi connectivity index (χ2v) is 13.3. The minimum atomic E-state index is -4.61. The van der Waals surface area contributed by atoms with Crippen LogP contribution in [0, 0.1) is 23.7 Å². The van der Waals surface area contributed by atoms with Crippen molar-refractivity contribution in [2.45, 2.75) is 50.7 Å². The summed E-state index contributed by atoms with van der Waals surface area (Å²) in [5, 5.41) is 15.2. The van der Waals surface area contributed by atoms with E-state index in [-0.39, 0.29) is 64.0 Å². The van der Waals surface area contributed by atoms with E-state index < -0.39 is 17.8 Å². The fraction of sp³-hybridized carbons (Fsp3) is 0.516. The van der Waals surface area contributed by atoms with E-state index in [2.05, 4.69) is 36.1 Å². The smallest absolute Gasteiger partial charge is 0.349 e. The van der Waals surface area contributed by atoms with Crippen molar-refractivity contribution in [3.8, 4) is 0 Å². The standard InChI is InChI=1S/C31H34ClF3N8O3/c32-23-11-17(3-4-19(23)28(44)40-25-21-13-43(14-22(21)25)30(46)16-5-7-36-8-6-16)39-29(45)27-37-12-18(38-27)10-20-24(9-15-1-2-15)41-42-26(20)31(33,34)35/h3-4,11-12,15-16,21-22,25,36H,1-2,5-10,13-14H2,(H,37,38)(H,39,45)(H,40,44)(H,41,42). The normalized spacial score (nSPS) is 22.9. The number of alkyl halides is 3. The number of imidazole rings is 1. The van der Waals surface area contributed by atoms with E-state index in [4.69, 9.17) is 11.6 Å². The molecule has 0 radical (unpaired) electrons. The van der Waals surface area contributed by atoms with Crippen LogP contribution in [0.2, 0.25) is 5.02 Å². The van der Waals surface area contributed by atoms with Crippen molar-refractivity contribution in [3.63, 3.8) is 0 Å². The monoisotopic (exact) mass is 658 g/mol. The van der Waals surface area contributed by atoms with Crippen molar-refractivity contribution in [1.29, 1.82) is 0 Å². The summed E-state index contributed by atoms with van der Waals surface area (Å²) in [6.45, 7) is 3.04. The zero-order valence-electron chi connectivity index (χ0n) is 24.8. The van der Waals surface area contributed by atoms with Crippen LogP contribution in [0.1, 0.15) is 69.3 Å². The highest BCUT2D eigenvalue weighted by atomic mass is 35.5. The van der Waals surface area contributed by atoms with Crippen molar-refractivity contribution >= 4 is 35.0 Å². The number of fused-ring (bicyclic) bond motifs is 1. The van der Waals surface area contributed by atoms with Crippen molar-refractivity contribution in [2.24, 2.45) is 23.7 Å². The topological polar surface area (TPSA) is 148 Å². The van der Waals surface area contributed by atoms with Crippen molar-refractivity contribution < 1.29 is 27.6 Å². The van der Waals surface area contributed by atoms with E-state index in [0.717, 1.165) is 38.8 Å². The quantitative estimate of drug-likeness (QED) is 0.236. The first-order chi connectivity index (χ1) is 22.0. The Hall–Kier alpha value is -3.91. The highest BCUT2D eigenvalue weighted by Crippen LogP contribution is 2.46. The number of carbonyl (C=O) groups excluding carboxylic acids is 3. The molecule has 4 fully saturated rings. The van der Waals surface area contributed by atoms with Gasteiger partial charge in [0.15, 0.2) is 11.5 Å². The third kappa shape index (κ3) is 6.37. The number of carbonyl (C=O) groups is 3. The van der Waals surface area contributed by atoms with Gasteiger partial charge >= 0.3 is 6.18 Å². The van der Waals surface area contributed by atoms with Gasteiger partial charge in [0.05, 0.1) is 10.6 Å². The molecule has 244 valence electrons. The first kappa shape index (κ1) is 30.7. The summed E-state index contributed by atoms with van der Waals surface area (Å²) in [4.78, 5) is 47.5. The molecule has 2 saturated heterocycles. The summed E-state index contributed by atoms with van der Waals surface area (Å²) in [5.74, 6) is 0.110. The van der Waals surface area contributed by atoms with Gasteiger partial charge < -0.3 is 25.8 Å². The molecule has 46 heavy (non-hydrogen) atoms. The fourth-order valence-corrected chi connectivity index (χ4v) is 7.07. The highest BCUT2D eigenvalue weighted by molar-refractivity contribution is 6.34. The summed E-state index contributed by atoms with van der Waals surface area (Å²) in [6.07, 6.45) is 0.788. The molecule has 15 heteroatoms. The van der Waals surface area contributed by atoms with Gasteiger partial charge in [-0.2, -0.15) is 18.3 Å². The molecule has 2 unspecified atom stereocenters. The van der Waals surface area contributed by atoms with Crippen LogP contribution in [0.15, 0.2) is 24.4 Å². The molecule has 2 saturated carbocycles. The molecule has 4 aliphatic rings. The van der Waals surface area contributed by atoms with Crippen LogP contribution in [0.4, 0.5) is 18.9 Å². The molecular weight excluding hydrogens is 625 g/mol. The van der Waals surface area contributed by atoms with Crippen LogP contribution in [-0.4, -0.2) is 75.0 Å². The lowest BCUT2D eigenvalue weighted by Gasteiger charge is -2.28. The Morgan fingerprint density at radius 2 is 1.78 bits per heavy atom. The Labute approximate surface area is 267 Å². The molecule has 5 N–H and O–H groups in total. The average Bonchev–Trinajstić information content (AvgIpc) is 3.71. The van der Waals surface area contributed by atoms with Crippen LogP contribution in [0.25, 0.3) is 0 Å². The number of likely N-dealkylation sites (tertiary alicyclic amines) is 1. The van der Waals surface area contributed by atoms with Gasteiger partial charge in [0.1, 0.15) is 0 Å². The predicted octanol–water partition coefficient (Wildman–Crippen LogP) is 3.79. The molecule has 3 aromatic rings. The van der Waals surface area contributed by atoms with E-state index in [9.17, 15) is 27.6 Å². The molecule has 2 aliphatic carbocycles. The first-order valence-corrected chi connectivity index (χ1v) is 16.0. The van der Waals surface area contributed by atoms with Gasteiger partial charge in [-0.25, -0.2) is 4.98 Å². The third-order valence-corrected chi connectivity index (χ3v) is 9.90. The Balaban J connectivity index is 0.933. The largest absolute Gasteiger partial charge is 0.435 e. The second-order valence-electron chi connectivity index (χ2n) is 12.9. The van der Waals surface area contributed by atoms with Crippen molar-refractivity contribution in [1.82, 2.24) is 35.7 Å². The second kappa shape index (κ2) is 12.0. The molecule has 2 aliphatic heterocycles. The fourth-order valence-electron chi connectivity index (χ4n) is 6.80. The van der Waals surface area contributed by atoms with Crippen molar-refractivity contribution in [3.05, 3.63) is 63.5 Å². The number of H-pyrrole nitrogens is 2. The lowest BCUT2D eigenvalue weighted by atomic mass is 9.96. The van der Waals surface area contributed by atoms with Gasteiger partial charge in [-0.3, -0.25) is 19.5 Å². The number of halogens is 4. The number of anilines is 1.